The second-order valence-corrected chi connectivity index (χ2v) is 12.1. The maximum atomic E-state index is 14.3. The van der Waals surface area contributed by atoms with Crippen LogP contribution in [0.15, 0.2) is 78.4 Å². The zero-order valence-electron chi connectivity index (χ0n) is 24.9. The molecule has 238 valence electrons. The summed E-state index contributed by atoms with van der Waals surface area (Å²) in [6.45, 7) is 0. The number of fused-ring (bicyclic) bond motifs is 4. The molecule has 0 bridgehead atoms. The van der Waals surface area contributed by atoms with Gasteiger partial charge in [0, 0.05) is 11.5 Å². The van der Waals surface area contributed by atoms with Crippen LogP contribution in [0.4, 0.5) is 11.4 Å². The van der Waals surface area contributed by atoms with Gasteiger partial charge >= 0.3 is 11.9 Å². The van der Waals surface area contributed by atoms with Crippen molar-refractivity contribution in [2.75, 3.05) is 16.9 Å². The van der Waals surface area contributed by atoms with Crippen molar-refractivity contribution in [3.8, 4) is 11.5 Å². The molecule has 2 aliphatic heterocycles. The minimum absolute atomic E-state index is 0.00133. The Hall–Kier alpha value is -5.78. The van der Waals surface area contributed by atoms with Crippen molar-refractivity contribution < 1.29 is 48.8 Å². The van der Waals surface area contributed by atoms with Gasteiger partial charge in [-0.15, -0.1) is 0 Å². The van der Waals surface area contributed by atoms with Gasteiger partial charge in [-0.1, -0.05) is 17.7 Å². The molecular formula is C35H28N2O10. The zero-order valence-corrected chi connectivity index (χ0v) is 24.9. The first-order chi connectivity index (χ1) is 22.5. The Morgan fingerprint density at radius 2 is 1.23 bits per heavy atom. The molecule has 12 heteroatoms. The number of phenolic OH excluding ortho intramolecular Hbond substituents is 1. The maximum absolute atomic E-state index is 14.3. The Kier molecular flexibility index (Phi) is 6.96. The van der Waals surface area contributed by atoms with E-state index in [9.17, 15) is 44.1 Å². The Labute approximate surface area is 267 Å². The van der Waals surface area contributed by atoms with E-state index in [2.05, 4.69) is 0 Å². The average Bonchev–Trinajstić information content (AvgIpc) is 3.47. The van der Waals surface area contributed by atoms with E-state index >= 15 is 0 Å². The predicted molar refractivity (Wildman–Crippen MR) is 164 cm³/mol. The second-order valence-electron chi connectivity index (χ2n) is 12.1. The number of hydrogen-bond donors (Lipinski definition) is 3. The van der Waals surface area contributed by atoms with Gasteiger partial charge in [0.15, 0.2) is 0 Å². The van der Waals surface area contributed by atoms with Gasteiger partial charge in [-0.3, -0.25) is 29.0 Å². The number of benzene rings is 3. The van der Waals surface area contributed by atoms with Crippen LogP contribution in [0.25, 0.3) is 0 Å². The number of carboxylic acids is 2. The Morgan fingerprint density at radius 3 is 1.77 bits per heavy atom. The van der Waals surface area contributed by atoms with Gasteiger partial charge in [-0.25, -0.2) is 9.59 Å². The molecule has 0 spiro atoms. The summed E-state index contributed by atoms with van der Waals surface area (Å²) in [5.74, 6) is -9.20. The number of rotatable bonds is 6. The topological polar surface area (TPSA) is 179 Å². The second kappa shape index (κ2) is 10.9. The maximum Gasteiger partial charge on any atom is 0.335 e. The highest BCUT2D eigenvalue weighted by atomic mass is 16.5. The number of allylic oxidation sites excluding steroid dienone is 2. The average molecular weight is 637 g/mol. The van der Waals surface area contributed by atoms with Crippen molar-refractivity contribution in [3.05, 3.63) is 95.1 Å². The molecule has 6 atom stereocenters. The third-order valence-corrected chi connectivity index (χ3v) is 9.97. The van der Waals surface area contributed by atoms with Crippen LogP contribution < -0.4 is 14.5 Å². The number of amides is 4. The molecule has 0 unspecified atom stereocenters. The summed E-state index contributed by atoms with van der Waals surface area (Å²) in [5.41, 5.74) is 1.36. The number of hydrogen-bond acceptors (Lipinski definition) is 8. The summed E-state index contributed by atoms with van der Waals surface area (Å²) in [6, 6.07) is 15.5. The van der Waals surface area contributed by atoms with E-state index in [0.29, 0.717) is 11.1 Å². The number of nitrogens with zero attached hydrogens (tertiary/aromatic N) is 2. The lowest BCUT2D eigenvalue weighted by Crippen LogP contribution is -2.43. The first-order valence-corrected chi connectivity index (χ1v) is 15.0. The number of carbonyl (C=O) groups is 6. The number of methoxy groups -OCH3 is 1. The van der Waals surface area contributed by atoms with Crippen LogP contribution in [0, 0.1) is 29.6 Å². The predicted octanol–water partition coefficient (Wildman–Crippen LogP) is 3.84. The molecule has 12 nitrogen and oxygen atoms in total. The molecule has 4 amide bonds. The van der Waals surface area contributed by atoms with E-state index in [1.165, 1.54) is 61.7 Å². The molecular weight excluding hydrogens is 608 g/mol. The van der Waals surface area contributed by atoms with E-state index < -0.39 is 71.1 Å². The molecule has 4 aliphatic rings. The molecule has 3 aromatic carbocycles. The van der Waals surface area contributed by atoms with Crippen molar-refractivity contribution in [2.24, 2.45) is 29.6 Å². The SMILES string of the molecule is COc1cccc(O)c1[C@H]1C2=CC[C@@H]3C(=O)N(c4ccc(C(=O)O)cc4)C(=O)[C@@H]3[C@@H]2C[C@H]2C(=O)N(c3ccc(C(=O)O)cc3)C(=O)[C@@H]12. The van der Waals surface area contributed by atoms with Crippen molar-refractivity contribution in [2.45, 2.75) is 18.8 Å². The van der Waals surface area contributed by atoms with Crippen LogP contribution in [0.1, 0.15) is 45.0 Å². The quantitative estimate of drug-likeness (QED) is 0.266. The number of aromatic hydroxyl groups is 1. The third kappa shape index (κ3) is 4.43. The summed E-state index contributed by atoms with van der Waals surface area (Å²) in [6.07, 6.45) is 2.10. The number of phenols is 1. The number of aromatic carboxylic acids is 2. The number of anilines is 2. The number of imide groups is 2. The van der Waals surface area contributed by atoms with Crippen molar-refractivity contribution in [3.63, 3.8) is 0 Å². The van der Waals surface area contributed by atoms with E-state index in [1.54, 1.807) is 12.1 Å². The van der Waals surface area contributed by atoms with Crippen molar-refractivity contribution >= 4 is 46.9 Å². The summed E-state index contributed by atoms with van der Waals surface area (Å²) in [4.78, 5) is 81.2. The number of carbonyl (C=O) groups excluding carboxylic acids is 4. The highest BCUT2D eigenvalue weighted by molar-refractivity contribution is 6.24. The Balaban J connectivity index is 1.33. The zero-order chi connectivity index (χ0) is 33.3. The van der Waals surface area contributed by atoms with E-state index in [1.807, 2.05) is 6.08 Å². The van der Waals surface area contributed by atoms with Crippen LogP contribution in [-0.4, -0.2) is 58.0 Å². The molecule has 3 N–H and O–H groups in total. The van der Waals surface area contributed by atoms with E-state index in [-0.39, 0.29) is 46.8 Å². The lowest BCUT2D eigenvalue weighted by atomic mass is 9.57. The van der Waals surface area contributed by atoms with E-state index in [4.69, 9.17) is 4.74 Å². The molecule has 7 rings (SSSR count). The van der Waals surface area contributed by atoms with Crippen LogP contribution in [0.3, 0.4) is 0 Å². The minimum Gasteiger partial charge on any atom is -0.508 e. The molecule has 0 aromatic heterocycles. The first kappa shape index (κ1) is 29.9. The molecule has 0 radical (unpaired) electrons. The largest absolute Gasteiger partial charge is 0.508 e. The summed E-state index contributed by atoms with van der Waals surface area (Å²) < 4.78 is 5.62. The molecule has 2 aliphatic carbocycles. The fourth-order valence-corrected chi connectivity index (χ4v) is 7.95. The fourth-order valence-electron chi connectivity index (χ4n) is 7.95. The molecule has 3 aromatic rings. The summed E-state index contributed by atoms with van der Waals surface area (Å²) in [5, 5.41) is 29.8. The van der Waals surface area contributed by atoms with Crippen molar-refractivity contribution in [1.82, 2.24) is 0 Å². The summed E-state index contributed by atoms with van der Waals surface area (Å²) >= 11 is 0. The van der Waals surface area contributed by atoms with Gasteiger partial charge in [0.05, 0.1) is 53.3 Å². The van der Waals surface area contributed by atoms with Crippen LogP contribution in [0.2, 0.25) is 0 Å². The fraction of sp³-hybridized carbons (Fsp3) is 0.257. The third-order valence-electron chi connectivity index (χ3n) is 9.97. The van der Waals surface area contributed by atoms with Crippen LogP contribution in [0.5, 0.6) is 11.5 Å². The van der Waals surface area contributed by atoms with Crippen LogP contribution in [-0.2, 0) is 19.2 Å². The molecule has 1 saturated carbocycles. The minimum atomic E-state index is -1.16. The number of ether oxygens (including phenoxy) is 1. The lowest BCUT2D eigenvalue weighted by molar-refractivity contribution is -0.126. The highest BCUT2D eigenvalue weighted by Gasteiger charge is 2.63. The standard InChI is InChI=1S/C35H28N2O10/c1-47-25-4-2-3-24(38)29(25)27-20-13-14-21-26(32(41)36(30(21)39)18-9-5-16(6-10-18)34(43)44)22(20)15-23-28(27)33(42)37(31(23)40)19-11-7-17(8-12-19)35(45)46/h2-13,21-23,26-28,38H,14-15H2,1H3,(H,43,44)(H,45,46)/t21-,22+,23+,26-,27-,28+/m0/s1. The van der Waals surface area contributed by atoms with Gasteiger partial charge in [-0.2, -0.15) is 0 Å². The monoisotopic (exact) mass is 636 g/mol. The smallest absolute Gasteiger partial charge is 0.335 e. The van der Waals surface area contributed by atoms with Gasteiger partial charge < -0.3 is 20.1 Å². The highest BCUT2D eigenvalue weighted by Crippen LogP contribution is 2.60. The van der Waals surface area contributed by atoms with Crippen LogP contribution >= 0.6 is 0 Å². The molecule has 2 heterocycles. The Bertz CT molecular complexity index is 1920. The van der Waals surface area contributed by atoms with Gasteiger partial charge in [0.2, 0.25) is 23.6 Å². The normalized spacial score (nSPS) is 26.4. The van der Waals surface area contributed by atoms with Crippen molar-refractivity contribution in [1.29, 1.82) is 0 Å². The Morgan fingerprint density at radius 1 is 0.702 bits per heavy atom. The molecule has 2 saturated heterocycles. The first-order valence-electron chi connectivity index (χ1n) is 15.0. The molecule has 47 heavy (non-hydrogen) atoms. The van der Waals surface area contributed by atoms with Gasteiger partial charge in [-0.05, 0) is 79.4 Å². The number of carboxylic acid groups (broad SMARTS) is 2. The van der Waals surface area contributed by atoms with E-state index in [0.717, 1.165) is 9.80 Å². The molecule has 3 fully saturated rings. The lowest BCUT2D eigenvalue weighted by Gasteiger charge is -2.44. The van der Waals surface area contributed by atoms with Gasteiger partial charge in [0.25, 0.3) is 0 Å². The summed E-state index contributed by atoms with van der Waals surface area (Å²) in [7, 11) is 1.42. The van der Waals surface area contributed by atoms with Gasteiger partial charge in [0.1, 0.15) is 11.5 Å².